The fourth-order valence-corrected chi connectivity index (χ4v) is 4.36. The summed E-state index contributed by atoms with van der Waals surface area (Å²) in [6, 6.07) is 8.24. The molecule has 0 bridgehead atoms. The highest BCUT2D eigenvalue weighted by Gasteiger charge is 2.18. The summed E-state index contributed by atoms with van der Waals surface area (Å²) in [6.07, 6.45) is 12.2. The van der Waals surface area contributed by atoms with Crippen molar-refractivity contribution in [3.05, 3.63) is 30.6 Å². The third kappa shape index (κ3) is 6.59. The molecule has 34 heavy (non-hydrogen) atoms. The van der Waals surface area contributed by atoms with E-state index in [1.165, 1.54) is 32.1 Å². The molecule has 4 rings (SSSR count). The molecule has 2 heterocycles. The van der Waals surface area contributed by atoms with Crippen molar-refractivity contribution in [2.24, 2.45) is 12.8 Å². The Morgan fingerprint density at radius 1 is 1.09 bits per heavy atom. The van der Waals surface area contributed by atoms with E-state index in [1.807, 2.05) is 35.9 Å². The smallest absolute Gasteiger partial charge is 0.231 e. The second-order valence-corrected chi connectivity index (χ2v) is 9.03. The van der Waals surface area contributed by atoms with E-state index in [9.17, 15) is 4.79 Å². The first-order chi connectivity index (χ1) is 16.6. The summed E-state index contributed by atoms with van der Waals surface area (Å²) in [6.45, 7) is 0.652. The molecular formula is C25H35N7O2. The summed E-state index contributed by atoms with van der Waals surface area (Å²) < 4.78 is 7.80. The predicted molar refractivity (Wildman–Crippen MR) is 134 cm³/mol. The van der Waals surface area contributed by atoms with Gasteiger partial charge in [0.15, 0.2) is 11.5 Å². The van der Waals surface area contributed by atoms with E-state index in [2.05, 4.69) is 20.6 Å². The number of aryl methyl sites for hydroxylation is 1. The molecule has 0 atom stereocenters. The van der Waals surface area contributed by atoms with E-state index >= 15 is 0 Å². The van der Waals surface area contributed by atoms with E-state index in [4.69, 9.17) is 15.5 Å². The number of imidazole rings is 1. The number of rotatable bonds is 12. The van der Waals surface area contributed by atoms with Crippen molar-refractivity contribution < 1.29 is 9.53 Å². The Kier molecular flexibility index (Phi) is 8.17. The van der Waals surface area contributed by atoms with Crippen LogP contribution in [0.1, 0.15) is 64.2 Å². The molecule has 1 aliphatic rings. The molecule has 9 heteroatoms. The lowest BCUT2D eigenvalue weighted by atomic mass is 9.95. The zero-order chi connectivity index (χ0) is 23.8. The van der Waals surface area contributed by atoms with Gasteiger partial charge in [0.2, 0.25) is 11.9 Å². The summed E-state index contributed by atoms with van der Waals surface area (Å²) in [4.78, 5) is 24.6. The average Bonchev–Trinajstić information content (AvgIpc) is 3.21. The van der Waals surface area contributed by atoms with Gasteiger partial charge >= 0.3 is 0 Å². The molecule has 0 radical (unpaired) electrons. The van der Waals surface area contributed by atoms with E-state index < -0.39 is 0 Å². The average molecular weight is 466 g/mol. The van der Waals surface area contributed by atoms with Gasteiger partial charge in [-0.05, 0) is 49.9 Å². The number of unbranched alkanes of at least 4 members (excludes halogenated alkanes) is 3. The van der Waals surface area contributed by atoms with Crippen molar-refractivity contribution >= 4 is 34.5 Å². The largest absolute Gasteiger partial charge is 0.494 e. The number of hydrogen-bond donors (Lipinski definition) is 3. The quantitative estimate of drug-likeness (QED) is 0.333. The molecule has 1 saturated carbocycles. The molecule has 4 N–H and O–H groups in total. The monoisotopic (exact) mass is 465 g/mol. The summed E-state index contributed by atoms with van der Waals surface area (Å²) in [5.74, 6) is 1.94. The van der Waals surface area contributed by atoms with Crippen molar-refractivity contribution in [1.29, 1.82) is 0 Å². The SMILES string of the molecule is Cn1cnc2nc(Nc3ccc(OCCCCCCC(N)=O)cc3)nc(NC3CCCCC3)c21. The molecule has 3 aromatic rings. The van der Waals surface area contributed by atoms with Crippen LogP contribution in [-0.2, 0) is 11.8 Å². The number of carbonyl (C=O) groups excluding carboxylic acids is 1. The first-order valence-electron chi connectivity index (χ1n) is 12.3. The zero-order valence-corrected chi connectivity index (χ0v) is 19.9. The minimum Gasteiger partial charge on any atom is -0.494 e. The summed E-state index contributed by atoms with van der Waals surface area (Å²) in [5, 5.41) is 6.94. The number of ether oxygens (including phenoxy) is 1. The van der Waals surface area contributed by atoms with Gasteiger partial charge < -0.3 is 25.7 Å². The Balaban J connectivity index is 1.33. The molecule has 0 saturated heterocycles. The highest BCUT2D eigenvalue weighted by molar-refractivity contribution is 5.85. The van der Waals surface area contributed by atoms with Crippen LogP contribution in [0.2, 0.25) is 0 Å². The number of anilines is 3. The van der Waals surface area contributed by atoms with Gasteiger partial charge in [-0.25, -0.2) is 4.98 Å². The van der Waals surface area contributed by atoms with Gasteiger partial charge in [-0.2, -0.15) is 9.97 Å². The molecule has 2 aromatic heterocycles. The molecule has 1 aliphatic carbocycles. The van der Waals surface area contributed by atoms with Crippen molar-refractivity contribution in [3.8, 4) is 5.75 Å². The second kappa shape index (κ2) is 11.7. The number of nitrogens with one attached hydrogen (secondary N) is 2. The number of benzene rings is 1. The van der Waals surface area contributed by atoms with Crippen molar-refractivity contribution in [2.75, 3.05) is 17.2 Å². The predicted octanol–water partition coefficient (Wildman–Crippen LogP) is 4.67. The van der Waals surface area contributed by atoms with Gasteiger partial charge in [0.25, 0.3) is 0 Å². The third-order valence-electron chi connectivity index (χ3n) is 6.21. The molecule has 1 amide bonds. The van der Waals surface area contributed by atoms with Gasteiger partial charge in [-0.15, -0.1) is 0 Å². The fourth-order valence-electron chi connectivity index (χ4n) is 4.36. The van der Waals surface area contributed by atoms with Crippen LogP contribution in [0.25, 0.3) is 11.2 Å². The lowest BCUT2D eigenvalue weighted by Gasteiger charge is -2.23. The van der Waals surface area contributed by atoms with Crippen molar-refractivity contribution in [1.82, 2.24) is 19.5 Å². The van der Waals surface area contributed by atoms with Gasteiger partial charge in [0.1, 0.15) is 11.3 Å². The molecule has 0 spiro atoms. The lowest BCUT2D eigenvalue weighted by Crippen LogP contribution is -2.23. The molecule has 0 unspecified atom stereocenters. The minimum absolute atomic E-state index is 0.230. The molecule has 9 nitrogen and oxygen atoms in total. The Hall–Kier alpha value is -3.36. The van der Waals surface area contributed by atoms with E-state index in [0.29, 0.717) is 30.7 Å². The van der Waals surface area contributed by atoms with E-state index in [1.54, 1.807) is 6.33 Å². The van der Waals surface area contributed by atoms with Crippen LogP contribution in [-0.4, -0.2) is 38.1 Å². The maximum Gasteiger partial charge on any atom is 0.231 e. The molecule has 0 aliphatic heterocycles. The number of hydrogen-bond acceptors (Lipinski definition) is 7. The molecule has 182 valence electrons. The first kappa shape index (κ1) is 23.8. The van der Waals surface area contributed by atoms with Gasteiger partial charge in [-0.3, -0.25) is 4.79 Å². The summed E-state index contributed by atoms with van der Waals surface area (Å²) in [7, 11) is 1.97. The number of carbonyl (C=O) groups is 1. The highest BCUT2D eigenvalue weighted by Crippen LogP contribution is 2.27. The number of aromatic nitrogens is 4. The van der Waals surface area contributed by atoms with E-state index in [-0.39, 0.29) is 5.91 Å². The topological polar surface area (TPSA) is 120 Å². The Morgan fingerprint density at radius 3 is 2.62 bits per heavy atom. The first-order valence-corrected chi connectivity index (χ1v) is 12.3. The van der Waals surface area contributed by atoms with Crippen LogP contribution in [0.4, 0.5) is 17.5 Å². The number of fused-ring (bicyclic) bond motifs is 1. The van der Waals surface area contributed by atoms with Gasteiger partial charge in [0.05, 0.1) is 12.9 Å². The van der Waals surface area contributed by atoms with Crippen LogP contribution in [0.3, 0.4) is 0 Å². The number of nitrogens with zero attached hydrogens (tertiary/aromatic N) is 4. The number of primary amides is 1. The van der Waals surface area contributed by atoms with Crippen molar-refractivity contribution in [3.63, 3.8) is 0 Å². The fraction of sp³-hybridized carbons (Fsp3) is 0.520. The van der Waals surface area contributed by atoms with E-state index in [0.717, 1.165) is 48.5 Å². The van der Waals surface area contributed by atoms with Crippen LogP contribution >= 0.6 is 0 Å². The second-order valence-electron chi connectivity index (χ2n) is 9.03. The highest BCUT2D eigenvalue weighted by atomic mass is 16.5. The third-order valence-corrected chi connectivity index (χ3v) is 6.21. The summed E-state index contributed by atoms with van der Waals surface area (Å²) >= 11 is 0. The van der Waals surface area contributed by atoms with Crippen LogP contribution < -0.4 is 21.1 Å². The number of nitrogens with two attached hydrogens (primary N) is 1. The molecular weight excluding hydrogens is 430 g/mol. The Labute approximate surface area is 200 Å². The maximum atomic E-state index is 10.7. The van der Waals surface area contributed by atoms with Crippen LogP contribution in [0.5, 0.6) is 5.75 Å². The lowest BCUT2D eigenvalue weighted by molar-refractivity contribution is -0.118. The standard InChI is InChI=1S/C25H35N7O2/c1-32-17-27-23-22(32)24(28-18-9-5-4-6-10-18)31-25(30-23)29-19-12-14-20(15-13-19)34-16-8-3-2-7-11-21(26)33/h12-15,17-18H,2-11,16H2,1H3,(H2,26,33)(H2,28,29,30,31). The van der Waals surface area contributed by atoms with Gasteiger partial charge in [-0.1, -0.05) is 32.1 Å². The normalized spacial score (nSPS) is 14.3. The van der Waals surface area contributed by atoms with Crippen LogP contribution in [0, 0.1) is 0 Å². The van der Waals surface area contributed by atoms with Crippen LogP contribution in [0.15, 0.2) is 30.6 Å². The maximum absolute atomic E-state index is 10.7. The van der Waals surface area contributed by atoms with Crippen molar-refractivity contribution in [2.45, 2.75) is 70.3 Å². The molecule has 1 fully saturated rings. The van der Waals surface area contributed by atoms with Gasteiger partial charge in [0, 0.05) is 25.2 Å². The Bertz CT molecular complexity index is 1070. The summed E-state index contributed by atoms with van der Waals surface area (Å²) in [5.41, 5.74) is 7.64. The number of amides is 1. The molecule has 1 aromatic carbocycles. The Morgan fingerprint density at radius 2 is 1.85 bits per heavy atom. The zero-order valence-electron chi connectivity index (χ0n) is 19.9. The minimum atomic E-state index is -0.230.